The van der Waals surface area contributed by atoms with Crippen molar-refractivity contribution in [3.05, 3.63) is 28.2 Å². The highest BCUT2D eigenvalue weighted by molar-refractivity contribution is 9.10. The highest BCUT2D eigenvalue weighted by Gasteiger charge is 2.49. The zero-order chi connectivity index (χ0) is 16.4. The number of hydrogen-bond acceptors (Lipinski definition) is 4. The number of carbonyl (C=O) groups excluding carboxylic acids is 1. The van der Waals surface area contributed by atoms with Gasteiger partial charge in [0, 0.05) is 17.1 Å². The van der Waals surface area contributed by atoms with E-state index in [2.05, 4.69) is 15.9 Å². The Kier molecular flexibility index (Phi) is 5.01. The van der Waals surface area contributed by atoms with Gasteiger partial charge < -0.3 is 4.74 Å². The van der Waals surface area contributed by atoms with Crippen molar-refractivity contribution in [3.8, 4) is 5.75 Å². The molecule has 0 bridgehead atoms. The third-order valence-corrected chi connectivity index (χ3v) is 5.72. The highest BCUT2D eigenvalue weighted by atomic mass is 79.9. The Bertz CT molecular complexity index is 649. The number of likely N-dealkylation sites (N-methyl/N-ethyl adjacent to an activating group) is 1. The molecule has 0 aliphatic carbocycles. The minimum Gasteiger partial charge on any atom is -0.493 e. The van der Waals surface area contributed by atoms with Crippen molar-refractivity contribution in [2.45, 2.75) is 37.6 Å². The summed E-state index contributed by atoms with van der Waals surface area (Å²) in [6.45, 7) is 0.688. The molecule has 2 aliphatic heterocycles. The topological polar surface area (TPSA) is 41.9 Å². The third-order valence-electron chi connectivity index (χ3n) is 4.49. The quantitative estimate of drug-likeness (QED) is 0.660. The van der Waals surface area contributed by atoms with Gasteiger partial charge in [-0.2, -0.15) is 0 Å². The van der Waals surface area contributed by atoms with E-state index in [-0.39, 0.29) is 5.91 Å². The predicted molar refractivity (Wildman–Crippen MR) is 98.1 cm³/mol. The van der Waals surface area contributed by atoms with Gasteiger partial charge in [-0.3, -0.25) is 9.69 Å². The molecule has 4 nitrogen and oxygen atoms in total. The minimum atomic E-state index is -0.844. The summed E-state index contributed by atoms with van der Waals surface area (Å²) in [4.78, 5) is 19.7. The summed E-state index contributed by atoms with van der Waals surface area (Å²) >= 11 is 5.05. The van der Waals surface area contributed by atoms with Crippen molar-refractivity contribution in [2.75, 3.05) is 19.9 Å². The average Bonchev–Trinajstić information content (AvgIpc) is 2.80. The second-order valence-corrected chi connectivity index (χ2v) is 7.67. The summed E-state index contributed by atoms with van der Waals surface area (Å²) in [5.74, 6) is 0.827. The molecule has 23 heavy (non-hydrogen) atoms. The van der Waals surface area contributed by atoms with Gasteiger partial charge in [0.25, 0.3) is 5.91 Å². The number of rotatable bonds is 0. The van der Waals surface area contributed by atoms with Crippen LogP contribution < -0.4 is 4.74 Å². The molecule has 124 valence electrons. The monoisotopic (exact) mass is 396 g/mol. The Labute approximate surface area is 149 Å². The normalized spacial score (nSPS) is 25.1. The van der Waals surface area contributed by atoms with Crippen LogP contribution in [0.15, 0.2) is 27.7 Å². The maximum atomic E-state index is 13.1. The molecule has 1 aromatic rings. The summed E-state index contributed by atoms with van der Waals surface area (Å²) in [6.07, 6.45) is 6.97. The van der Waals surface area contributed by atoms with Crippen LogP contribution in [0.2, 0.25) is 0 Å². The van der Waals surface area contributed by atoms with E-state index in [4.69, 9.17) is 9.73 Å². The summed E-state index contributed by atoms with van der Waals surface area (Å²) in [7, 11) is 1.81. The lowest BCUT2D eigenvalue weighted by Crippen LogP contribution is -2.39. The number of benzene rings is 1. The van der Waals surface area contributed by atoms with Crippen molar-refractivity contribution >= 4 is 38.8 Å². The van der Waals surface area contributed by atoms with Crippen LogP contribution in [0.3, 0.4) is 0 Å². The van der Waals surface area contributed by atoms with Gasteiger partial charge in [-0.1, -0.05) is 47.0 Å². The fourth-order valence-corrected chi connectivity index (χ4v) is 4.24. The molecular weight excluding hydrogens is 376 g/mol. The van der Waals surface area contributed by atoms with Crippen LogP contribution in [-0.2, 0) is 10.3 Å². The van der Waals surface area contributed by atoms with E-state index in [0.29, 0.717) is 6.61 Å². The standard InChI is InChI=1S/C17H21BrN2O2S/c1-20-15(21)17(19-16(20)23-2)9-5-3-4-6-10-22-14-8-7-12(18)11-13(14)17/h7-8,11H,3-6,9-10H2,1-2H3. The van der Waals surface area contributed by atoms with E-state index in [1.165, 1.54) is 11.8 Å². The number of amidine groups is 1. The largest absolute Gasteiger partial charge is 0.493 e. The van der Waals surface area contributed by atoms with Crippen LogP contribution in [0.25, 0.3) is 0 Å². The zero-order valence-electron chi connectivity index (χ0n) is 13.5. The number of fused-ring (bicyclic) bond motifs is 2. The van der Waals surface area contributed by atoms with Gasteiger partial charge in [0.1, 0.15) is 5.75 Å². The van der Waals surface area contributed by atoms with E-state index in [1.54, 1.807) is 4.90 Å². The summed E-state index contributed by atoms with van der Waals surface area (Å²) < 4.78 is 6.93. The number of nitrogens with zero attached hydrogens (tertiary/aromatic N) is 2. The van der Waals surface area contributed by atoms with Crippen LogP contribution in [0.1, 0.15) is 37.7 Å². The average molecular weight is 397 g/mol. The molecule has 0 radical (unpaired) electrons. The first kappa shape index (κ1) is 16.8. The van der Waals surface area contributed by atoms with Gasteiger partial charge in [0.15, 0.2) is 10.7 Å². The SMILES string of the molecule is CSC1=NC2(CCCCCCOc3ccc(Br)cc32)C(=O)N1C. The summed E-state index contributed by atoms with van der Waals surface area (Å²) in [5, 5.41) is 0.776. The molecule has 3 rings (SSSR count). The Morgan fingerprint density at radius 3 is 2.83 bits per heavy atom. The summed E-state index contributed by atoms with van der Waals surface area (Å²) in [6, 6.07) is 5.90. The van der Waals surface area contributed by atoms with E-state index < -0.39 is 5.54 Å². The molecule has 0 N–H and O–H groups in total. The van der Waals surface area contributed by atoms with E-state index >= 15 is 0 Å². The van der Waals surface area contributed by atoms with Gasteiger partial charge >= 0.3 is 0 Å². The zero-order valence-corrected chi connectivity index (χ0v) is 15.9. The van der Waals surface area contributed by atoms with Crippen LogP contribution >= 0.6 is 27.7 Å². The Balaban J connectivity index is 2.16. The number of ether oxygens (including phenoxy) is 1. The first-order chi connectivity index (χ1) is 11.1. The van der Waals surface area contributed by atoms with E-state index in [0.717, 1.165) is 53.1 Å². The van der Waals surface area contributed by atoms with Gasteiger partial charge in [-0.15, -0.1) is 0 Å². The van der Waals surface area contributed by atoms with Crippen molar-refractivity contribution in [3.63, 3.8) is 0 Å². The Morgan fingerprint density at radius 2 is 2.09 bits per heavy atom. The number of aliphatic imine (C=N–C) groups is 1. The molecule has 1 atom stereocenters. The highest BCUT2D eigenvalue weighted by Crippen LogP contribution is 2.44. The molecule has 2 heterocycles. The maximum Gasteiger partial charge on any atom is 0.261 e. The van der Waals surface area contributed by atoms with Crippen LogP contribution in [-0.4, -0.2) is 35.9 Å². The molecule has 6 heteroatoms. The van der Waals surface area contributed by atoms with Crippen LogP contribution in [0, 0.1) is 0 Å². The molecular formula is C17H21BrN2O2S. The number of carbonyl (C=O) groups is 1. The second-order valence-electron chi connectivity index (χ2n) is 5.98. The first-order valence-electron chi connectivity index (χ1n) is 7.93. The molecule has 0 saturated heterocycles. The third kappa shape index (κ3) is 3.03. The molecule has 1 spiro atoms. The predicted octanol–water partition coefficient (Wildman–Crippen LogP) is 4.18. The van der Waals surface area contributed by atoms with Crippen molar-refractivity contribution in [2.24, 2.45) is 4.99 Å². The lowest BCUT2D eigenvalue weighted by molar-refractivity contribution is -0.130. The maximum absolute atomic E-state index is 13.1. The van der Waals surface area contributed by atoms with Crippen molar-refractivity contribution < 1.29 is 9.53 Å². The van der Waals surface area contributed by atoms with Crippen molar-refractivity contribution in [1.29, 1.82) is 0 Å². The number of amides is 1. The number of thioether (sulfide) groups is 1. The van der Waals surface area contributed by atoms with Gasteiger partial charge in [0.2, 0.25) is 0 Å². The lowest BCUT2D eigenvalue weighted by atomic mass is 9.83. The summed E-state index contributed by atoms with van der Waals surface area (Å²) in [5.41, 5.74) is 0.0403. The fraction of sp³-hybridized carbons (Fsp3) is 0.529. The number of hydrogen-bond donors (Lipinski definition) is 0. The molecule has 1 amide bonds. The lowest BCUT2D eigenvalue weighted by Gasteiger charge is -2.28. The fourth-order valence-electron chi connectivity index (χ4n) is 3.28. The molecule has 2 aliphatic rings. The first-order valence-corrected chi connectivity index (χ1v) is 9.95. The van der Waals surface area contributed by atoms with E-state index in [1.807, 2.05) is 31.5 Å². The molecule has 1 aromatic carbocycles. The molecule has 1 unspecified atom stereocenters. The van der Waals surface area contributed by atoms with Gasteiger partial charge in [0.05, 0.1) is 6.61 Å². The smallest absolute Gasteiger partial charge is 0.261 e. The van der Waals surface area contributed by atoms with Crippen LogP contribution in [0.4, 0.5) is 0 Å². The van der Waals surface area contributed by atoms with Crippen molar-refractivity contribution in [1.82, 2.24) is 4.90 Å². The Hall–Kier alpha value is -1.01. The molecule has 0 saturated carbocycles. The second kappa shape index (κ2) is 6.85. The van der Waals surface area contributed by atoms with E-state index in [9.17, 15) is 4.79 Å². The Morgan fingerprint density at radius 1 is 1.30 bits per heavy atom. The number of halogens is 1. The molecule has 0 fully saturated rings. The molecule has 0 aromatic heterocycles. The van der Waals surface area contributed by atoms with Gasteiger partial charge in [-0.25, -0.2) is 4.99 Å². The van der Waals surface area contributed by atoms with Crippen LogP contribution in [0.5, 0.6) is 5.75 Å². The van der Waals surface area contributed by atoms with Gasteiger partial charge in [-0.05, 0) is 37.3 Å². The minimum absolute atomic E-state index is 0.0466.